The summed E-state index contributed by atoms with van der Waals surface area (Å²) in [6.45, 7) is 4.39. The number of aromatic nitrogens is 1. The molecule has 5 nitrogen and oxygen atoms in total. The van der Waals surface area contributed by atoms with E-state index in [1.165, 1.54) is 0 Å². The maximum atomic E-state index is 12.1. The molecule has 3 N–H and O–H groups in total. The van der Waals surface area contributed by atoms with Crippen LogP contribution in [0.2, 0.25) is 0 Å². The lowest BCUT2D eigenvalue weighted by Gasteiger charge is -2.42. The van der Waals surface area contributed by atoms with Crippen LogP contribution in [0.3, 0.4) is 0 Å². The van der Waals surface area contributed by atoms with Crippen LogP contribution in [0.25, 0.3) is 0 Å². The second kappa shape index (κ2) is 5.46. The Morgan fingerprint density at radius 1 is 1.67 bits per heavy atom. The van der Waals surface area contributed by atoms with Crippen LogP contribution in [-0.2, 0) is 4.74 Å². The van der Waals surface area contributed by atoms with Gasteiger partial charge in [-0.2, -0.15) is 0 Å². The average molecular weight is 249 g/mol. The Kier molecular flexibility index (Phi) is 3.93. The second-order valence-corrected chi connectivity index (χ2v) is 4.53. The number of nitrogens with one attached hydrogen (secondary N) is 1. The van der Waals surface area contributed by atoms with Gasteiger partial charge < -0.3 is 15.8 Å². The molecule has 0 aliphatic heterocycles. The van der Waals surface area contributed by atoms with Crippen molar-refractivity contribution in [2.45, 2.75) is 38.5 Å². The lowest BCUT2D eigenvalue weighted by atomic mass is 9.83. The number of hydrogen-bond acceptors (Lipinski definition) is 4. The fourth-order valence-corrected chi connectivity index (χ4v) is 2.18. The van der Waals surface area contributed by atoms with Crippen LogP contribution in [0.15, 0.2) is 18.3 Å². The predicted octanol–water partition coefficient (Wildman–Crippen LogP) is 0.625. The molecule has 1 amide bonds. The van der Waals surface area contributed by atoms with Crippen LogP contribution in [0, 0.1) is 6.92 Å². The molecule has 1 aromatic heterocycles. The molecule has 1 fully saturated rings. The first-order valence-corrected chi connectivity index (χ1v) is 6.23. The van der Waals surface area contributed by atoms with Gasteiger partial charge in [0.1, 0.15) is 0 Å². The van der Waals surface area contributed by atoms with Crippen LogP contribution in [-0.4, -0.2) is 35.7 Å². The van der Waals surface area contributed by atoms with Crippen LogP contribution < -0.4 is 11.1 Å². The first-order valence-electron chi connectivity index (χ1n) is 6.23. The number of carbonyl (C=O) groups is 1. The number of amides is 1. The molecule has 18 heavy (non-hydrogen) atoms. The van der Waals surface area contributed by atoms with Crippen LogP contribution in [0.5, 0.6) is 0 Å². The number of hydrogen-bond donors (Lipinski definition) is 2. The van der Waals surface area contributed by atoms with E-state index in [1.807, 2.05) is 13.8 Å². The molecule has 98 valence electrons. The molecule has 3 atom stereocenters. The summed E-state index contributed by atoms with van der Waals surface area (Å²) in [5.74, 6) is -0.134. The minimum atomic E-state index is -0.134. The Labute approximate surface area is 107 Å². The standard InChI is InChI=1S/C13H19N3O2/c1-3-18-11-7-10(14)12(11)16-13(17)9-5-4-6-15-8(9)2/h4-6,10-12H,3,7,14H2,1-2H3,(H,16,17). The molecule has 1 aliphatic rings. The zero-order valence-corrected chi connectivity index (χ0v) is 10.7. The van der Waals surface area contributed by atoms with Crippen molar-refractivity contribution in [2.75, 3.05) is 6.61 Å². The van der Waals surface area contributed by atoms with E-state index in [2.05, 4.69) is 10.3 Å². The maximum Gasteiger partial charge on any atom is 0.253 e. The highest BCUT2D eigenvalue weighted by Crippen LogP contribution is 2.23. The number of nitrogens with two attached hydrogens (primary N) is 1. The summed E-state index contributed by atoms with van der Waals surface area (Å²) >= 11 is 0. The van der Waals surface area contributed by atoms with Gasteiger partial charge in [0.15, 0.2) is 0 Å². The number of nitrogens with zero attached hydrogens (tertiary/aromatic N) is 1. The highest BCUT2D eigenvalue weighted by Gasteiger charge is 2.40. The summed E-state index contributed by atoms with van der Waals surface area (Å²) in [5, 5.41) is 2.93. The molecule has 1 heterocycles. The molecule has 0 aromatic carbocycles. The highest BCUT2D eigenvalue weighted by molar-refractivity contribution is 5.95. The van der Waals surface area contributed by atoms with Gasteiger partial charge in [-0.25, -0.2) is 0 Å². The lowest BCUT2D eigenvalue weighted by molar-refractivity contribution is -0.0300. The number of pyridine rings is 1. The molecule has 0 bridgehead atoms. The van der Waals surface area contributed by atoms with Crippen LogP contribution in [0.1, 0.15) is 29.4 Å². The van der Waals surface area contributed by atoms with Gasteiger partial charge in [0.05, 0.1) is 17.7 Å². The Bertz CT molecular complexity index is 434. The third-order valence-electron chi connectivity index (χ3n) is 3.30. The second-order valence-electron chi connectivity index (χ2n) is 4.53. The SMILES string of the molecule is CCOC1CC(N)C1NC(=O)c1cccnc1C. The molecule has 0 saturated heterocycles. The van der Waals surface area contributed by atoms with Crippen molar-refractivity contribution in [3.05, 3.63) is 29.6 Å². The summed E-state index contributed by atoms with van der Waals surface area (Å²) in [5.41, 5.74) is 7.21. The van der Waals surface area contributed by atoms with Crippen molar-refractivity contribution in [1.82, 2.24) is 10.3 Å². The van der Waals surface area contributed by atoms with Gasteiger partial charge in [-0.05, 0) is 32.4 Å². The summed E-state index contributed by atoms with van der Waals surface area (Å²) in [7, 11) is 0. The normalized spacial score (nSPS) is 26.5. The van der Waals surface area contributed by atoms with E-state index in [4.69, 9.17) is 10.5 Å². The summed E-state index contributed by atoms with van der Waals surface area (Å²) in [6, 6.07) is 3.39. The number of rotatable bonds is 4. The smallest absolute Gasteiger partial charge is 0.253 e. The lowest BCUT2D eigenvalue weighted by Crippen LogP contribution is -2.64. The fraction of sp³-hybridized carbons (Fsp3) is 0.538. The van der Waals surface area contributed by atoms with E-state index in [0.717, 1.165) is 12.1 Å². The minimum Gasteiger partial charge on any atom is -0.376 e. The Balaban J connectivity index is 2.01. The van der Waals surface area contributed by atoms with Gasteiger partial charge >= 0.3 is 0 Å². The number of aryl methyl sites for hydroxylation is 1. The van der Waals surface area contributed by atoms with E-state index in [1.54, 1.807) is 18.3 Å². The third kappa shape index (κ3) is 2.52. The van der Waals surface area contributed by atoms with Crippen molar-refractivity contribution in [2.24, 2.45) is 5.73 Å². The number of ether oxygens (including phenoxy) is 1. The van der Waals surface area contributed by atoms with Crippen molar-refractivity contribution in [1.29, 1.82) is 0 Å². The van der Waals surface area contributed by atoms with Crippen molar-refractivity contribution >= 4 is 5.91 Å². The van der Waals surface area contributed by atoms with Gasteiger partial charge in [-0.1, -0.05) is 0 Å². The molecule has 1 aromatic rings. The van der Waals surface area contributed by atoms with Gasteiger partial charge in [0.2, 0.25) is 0 Å². The van der Waals surface area contributed by atoms with Crippen LogP contribution in [0.4, 0.5) is 0 Å². The zero-order valence-electron chi connectivity index (χ0n) is 10.7. The van der Waals surface area contributed by atoms with Gasteiger partial charge in [0, 0.05) is 24.5 Å². The highest BCUT2D eigenvalue weighted by atomic mass is 16.5. The summed E-state index contributed by atoms with van der Waals surface area (Å²) in [6.07, 6.45) is 2.50. The fourth-order valence-electron chi connectivity index (χ4n) is 2.18. The van der Waals surface area contributed by atoms with E-state index in [0.29, 0.717) is 12.2 Å². The van der Waals surface area contributed by atoms with Crippen molar-refractivity contribution in [3.8, 4) is 0 Å². The van der Waals surface area contributed by atoms with E-state index in [-0.39, 0.29) is 24.1 Å². The summed E-state index contributed by atoms with van der Waals surface area (Å²) in [4.78, 5) is 16.2. The largest absolute Gasteiger partial charge is 0.376 e. The summed E-state index contributed by atoms with van der Waals surface area (Å²) < 4.78 is 5.52. The van der Waals surface area contributed by atoms with Crippen molar-refractivity contribution in [3.63, 3.8) is 0 Å². The third-order valence-corrected chi connectivity index (χ3v) is 3.30. The molecular formula is C13H19N3O2. The Morgan fingerprint density at radius 2 is 2.44 bits per heavy atom. The molecule has 3 unspecified atom stereocenters. The maximum absolute atomic E-state index is 12.1. The first kappa shape index (κ1) is 13.0. The molecule has 1 saturated carbocycles. The van der Waals surface area contributed by atoms with Gasteiger partial charge in [0.25, 0.3) is 5.91 Å². The molecular weight excluding hydrogens is 230 g/mol. The molecule has 0 radical (unpaired) electrons. The topological polar surface area (TPSA) is 77.2 Å². The van der Waals surface area contributed by atoms with E-state index >= 15 is 0 Å². The van der Waals surface area contributed by atoms with Crippen molar-refractivity contribution < 1.29 is 9.53 Å². The average Bonchev–Trinajstić information content (AvgIpc) is 2.36. The van der Waals surface area contributed by atoms with Gasteiger partial charge in [-0.3, -0.25) is 9.78 Å². The molecule has 2 rings (SSSR count). The molecule has 1 aliphatic carbocycles. The first-order chi connectivity index (χ1) is 8.63. The Morgan fingerprint density at radius 3 is 3.06 bits per heavy atom. The molecule has 5 heteroatoms. The van der Waals surface area contributed by atoms with Gasteiger partial charge in [-0.15, -0.1) is 0 Å². The number of carbonyl (C=O) groups excluding carboxylic acids is 1. The monoisotopic (exact) mass is 249 g/mol. The van der Waals surface area contributed by atoms with E-state index in [9.17, 15) is 4.79 Å². The zero-order chi connectivity index (χ0) is 13.1. The minimum absolute atomic E-state index is 0.0255. The Hall–Kier alpha value is -1.46. The van der Waals surface area contributed by atoms with E-state index < -0.39 is 0 Å². The van der Waals surface area contributed by atoms with Crippen LogP contribution >= 0.6 is 0 Å². The predicted molar refractivity (Wildman–Crippen MR) is 68.2 cm³/mol. The molecule has 0 spiro atoms. The quantitative estimate of drug-likeness (QED) is 0.820.